The maximum absolute atomic E-state index is 12.2. The van der Waals surface area contributed by atoms with Gasteiger partial charge in [-0.2, -0.15) is 0 Å². The molecule has 0 atom stereocenters. The second-order valence-corrected chi connectivity index (χ2v) is 4.42. The molecule has 0 spiro atoms. The highest BCUT2D eigenvalue weighted by Gasteiger charge is 2.18. The Morgan fingerprint density at radius 2 is 2.18 bits per heavy atom. The Morgan fingerprint density at radius 1 is 1.35 bits per heavy atom. The summed E-state index contributed by atoms with van der Waals surface area (Å²) in [7, 11) is 2.08. The lowest BCUT2D eigenvalue weighted by Gasteiger charge is -2.20. The number of rotatable bonds is 1. The van der Waals surface area contributed by atoms with Crippen LogP contribution in [0.1, 0.15) is 16.8 Å². The van der Waals surface area contributed by atoms with Gasteiger partial charge in [0.2, 0.25) is 0 Å². The molecule has 1 aliphatic heterocycles. The van der Waals surface area contributed by atoms with Gasteiger partial charge in [0, 0.05) is 31.4 Å². The number of pyridine rings is 1. The summed E-state index contributed by atoms with van der Waals surface area (Å²) < 4.78 is 0. The van der Waals surface area contributed by atoms with Crippen molar-refractivity contribution in [1.29, 1.82) is 0 Å². The predicted octanol–water partition coefficient (Wildman–Crippen LogP) is 0.441. The van der Waals surface area contributed by atoms with Crippen LogP contribution < -0.4 is 5.73 Å². The van der Waals surface area contributed by atoms with Gasteiger partial charge >= 0.3 is 0 Å². The first-order valence-corrected chi connectivity index (χ1v) is 5.86. The maximum Gasteiger partial charge on any atom is 0.254 e. The van der Waals surface area contributed by atoms with Crippen molar-refractivity contribution in [3.63, 3.8) is 0 Å². The molecule has 1 aromatic heterocycles. The summed E-state index contributed by atoms with van der Waals surface area (Å²) in [5.41, 5.74) is 6.22. The van der Waals surface area contributed by atoms with E-state index < -0.39 is 0 Å². The maximum atomic E-state index is 12.2. The number of amides is 1. The van der Waals surface area contributed by atoms with Crippen LogP contribution in [-0.4, -0.2) is 53.9 Å². The number of carbonyl (C=O) groups excluding carboxylic acids is 1. The third kappa shape index (κ3) is 2.94. The van der Waals surface area contributed by atoms with Gasteiger partial charge in [-0.1, -0.05) is 0 Å². The summed E-state index contributed by atoms with van der Waals surface area (Å²) in [5.74, 6) is 0.442. The van der Waals surface area contributed by atoms with Crippen LogP contribution in [0.25, 0.3) is 0 Å². The van der Waals surface area contributed by atoms with Gasteiger partial charge in [0.15, 0.2) is 0 Å². The summed E-state index contributed by atoms with van der Waals surface area (Å²) in [6.45, 7) is 3.55. The number of nitrogens with zero attached hydrogens (tertiary/aromatic N) is 3. The van der Waals surface area contributed by atoms with Crippen molar-refractivity contribution in [1.82, 2.24) is 14.8 Å². The zero-order valence-corrected chi connectivity index (χ0v) is 10.1. The van der Waals surface area contributed by atoms with Gasteiger partial charge in [-0.3, -0.25) is 4.79 Å². The molecule has 1 aliphatic rings. The highest BCUT2D eigenvalue weighted by molar-refractivity contribution is 5.94. The highest BCUT2D eigenvalue weighted by atomic mass is 16.2. The second kappa shape index (κ2) is 5.14. The van der Waals surface area contributed by atoms with Crippen molar-refractivity contribution in [3.05, 3.63) is 23.9 Å². The molecule has 1 amide bonds. The fourth-order valence-electron chi connectivity index (χ4n) is 2.01. The lowest BCUT2D eigenvalue weighted by molar-refractivity contribution is 0.0763. The molecule has 2 N–H and O–H groups in total. The lowest BCUT2D eigenvalue weighted by atomic mass is 10.2. The minimum absolute atomic E-state index is 0.0504. The average Bonchev–Trinajstić information content (AvgIpc) is 2.53. The van der Waals surface area contributed by atoms with Gasteiger partial charge in [0.25, 0.3) is 5.91 Å². The minimum Gasteiger partial charge on any atom is -0.384 e. The molecule has 0 bridgehead atoms. The molecule has 1 fully saturated rings. The van der Waals surface area contributed by atoms with Crippen molar-refractivity contribution < 1.29 is 4.79 Å². The lowest BCUT2D eigenvalue weighted by Crippen LogP contribution is -2.34. The summed E-state index contributed by atoms with van der Waals surface area (Å²) in [6.07, 6.45) is 2.59. The van der Waals surface area contributed by atoms with Crippen LogP contribution in [0.4, 0.5) is 5.82 Å². The first-order chi connectivity index (χ1) is 8.16. The van der Waals surface area contributed by atoms with Gasteiger partial charge in [0.05, 0.1) is 0 Å². The molecule has 2 rings (SSSR count). The standard InChI is InChI=1S/C12H18N4O/c1-15-5-2-6-16(8-7-15)12(17)10-3-4-14-11(13)9-10/h3-4,9H,2,5-8H2,1H3,(H2,13,14). The van der Waals surface area contributed by atoms with E-state index in [1.54, 1.807) is 18.3 Å². The molecule has 5 heteroatoms. The Balaban J connectivity index is 2.09. The molecule has 1 saturated heterocycles. The number of likely N-dealkylation sites (N-methyl/N-ethyl adjacent to an activating group) is 1. The molecule has 0 saturated carbocycles. The molecule has 0 unspecified atom stereocenters. The van der Waals surface area contributed by atoms with E-state index in [0.29, 0.717) is 11.4 Å². The number of nitrogens with two attached hydrogens (primary N) is 1. The third-order valence-electron chi connectivity index (χ3n) is 3.03. The fraction of sp³-hybridized carbons (Fsp3) is 0.500. The third-order valence-corrected chi connectivity index (χ3v) is 3.03. The van der Waals surface area contributed by atoms with Gasteiger partial charge in [-0.15, -0.1) is 0 Å². The average molecular weight is 234 g/mol. The van der Waals surface area contributed by atoms with Crippen LogP contribution >= 0.6 is 0 Å². The summed E-state index contributed by atoms with van der Waals surface area (Å²) >= 11 is 0. The largest absolute Gasteiger partial charge is 0.384 e. The van der Waals surface area contributed by atoms with Crippen LogP contribution in [0, 0.1) is 0 Å². The molecule has 0 radical (unpaired) electrons. The van der Waals surface area contributed by atoms with Crippen molar-refractivity contribution in [2.24, 2.45) is 0 Å². The molecule has 0 aliphatic carbocycles. The van der Waals surface area contributed by atoms with Crippen LogP contribution in [0.15, 0.2) is 18.3 Å². The zero-order chi connectivity index (χ0) is 12.3. The summed E-state index contributed by atoms with van der Waals surface area (Å²) in [4.78, 5) is 20.3. The van der Waals surface area contributed by atoms with Crippen molar-refractivity contribution in [2.45, 2.75) is 6.42 Å². The van der Waals surface area contributed by atoms with Crippen molar-refractivity contribution in [3.8, 4) is 0 Å². The van der Waals surface area contributed by atoms with E-state index in [2.05, 4.69) is 16.9 Å². The summed E-state index contributed by atoms with van der Waals surface area (Å²) in [6, 6.07) is 3.35. The highest BCUT2D eigenvalue weighted by Crippen LogP contribution is 2.10. The van der Waals surface area contributed by atoms with Gasteiger partial charge in [-0.05, 0) is 32.1 Å². The number of carbonyl (C=O) groups is 1. The van der Waals surface area contributed by atoms with Crippen molar-refractivity contribution >= 4 is 11.7 Å². The first kappa shape index (κ1) is 11.9. The van der Waals surface area contributed by atoms with E-state index >= 15 is 0 Å². The molecular formula is C12H18N4O. The van der Waals surface area contributed by atoms with E-state index in [4.69, 9.17) is 5.73 Å². The predicted molar refractivity (Wildman–Crippen MR) is 66.7 cm³/mol. The smallest absolute Gasteiger partial charge is 0.254 e. The molecule has 92 valence electrons. The molecule has 0 aromatic carbocycles. The monoisotopic (exact) mass is 234 g/mol. The molecule has 17 heavy (non-hydrogen) atoms. The Kier molecular flexibility index (Phi) is 3.58. The van der Waals surface area contributed by atoms with Gasteiger partial charge in [0.1, 0.15) is 5.82 Å². The Morgan fingerprint density at radius 3 is 2.94 bits per heavy atom. The van der Waals surface area contributed by atoms with Gasteiger partial charge in [-0.25, -0.2) is 4.98 Å². The van der Waals surface area contributed by atoms with Crippen molar-refractivity contribution in [2.75, 3.05) is 39.0 Å². The molecule has 1 aromatic rings. The van der Waals surface area contributed by atoms with Gasteiger partial charge < -0.3 is 15.5 Å². The van der Waals surface area contributed by atoms with E-state index in [0.717, 1.165) is 32.6 Å². The number of hydrogen-bond donors (Lipinski definition) is 1. The normalized spacial score (nSPS) is 17.8. The SMILES string of the molecule is CN1CCCN(C(=O)c2ccnc(N)c2)CC1. The number of hydrogen-bond acceptors (Lipinski definition) is 4. The Labute approximate surface area is 101 Å². The number of aromatic nitrogens is 1. The Hall–Kier alpha value is -1.62. The number of anilines is 1. The van der Waals surface area contributed by atoms with E-state index in [9.17, 15) is 4.79 Å². The zero-order valence-electron chi connectivity index (χ0n) is 10.1. The van der Waals surface area contributed by atoms with Crippen LogP contribution in [0.3, 0.4) is 0 Å². The van der Waals surface area contributed by atoms with Crippen LogP contribution in [-0.2, 0) is 0 Å². The molecular weight excluding hydrogens is 216 g/mol. The topological polar surface area (TPSA) is 62.5 Å². The minimum atomic E-state index is 0.0504. The Bertz CT molecular complexity index is 407. The number of nitrogen functional groups attached to an aromatic ring is 1. The second-order valence-electron chi connectivity index (χ2n) is 4.42. The fourth-order valence-corrected chi connectivity index (χ4v) is 2.01. The van der Waals surface area contributed by atoms with E-state index in [1.807, 2.05) is 4.90 Å². The first-order valence-electron chi connectivity index (χ1n) is 5.86. The summed E-state index contributed by atoms with van der Waals surface area (Å²) in [5, 5.41) is 0. The quantitative estimate of drug-likeness (QED) is 0.766. The van der Waals surface area contributed by atoms with Crippen LogP contribution in [0.5, 0.6) is 0 Å². The molecule has 2 heterocycles. The van der Waals surface area contributed by atoms with E-state index in [-0.39, 0.29) is 5.91 Å². The molecule has 5 nitrogen and oxygen atoms in total. The van der Waals surface area contributed by atoms with E-state index in [1.165, 1.54) is 0 Å². The van der Waals surface area contributed by atoms with Crippen LogP contribution in [0.2, 0.25) is 0 Å².